The molecule has 98 valence electrons. The van der Waals surface area contributed by atoms with Crippen molar-refractivity contribution < 1.29 is 14.6 Å². The number of para-hydroxylation sites is 1. The van der Waals surface area contributed by atoms with E-state index in [1.165, 1.54) is 0 Å². The summed E-state index contributed by atoms with van der Waals surface area (Å²) in [6.07, 6.45) is 1.50. The quantitative estimate of drug-likeness (QED) is 0.889. The lowest BCUT2D eigenvalue weighted by molar-refractivity contribution is -0.137. The summed E-state index contributed by atoms with van der Waals surface area (Å²) >= 11 is 0. The highest BCUT2D eigenvalue weighted by Crippen LogP contribution is 2.32. The molecule has 2 aromatic rings. The number of aromatic nitrogens is 2. The summed E-state index contributed by atoms with van der Waals surface area (Å²) in [6.45, 7) is 0. The van der Waals surface area contributed by atoms with Crippen LogP contribution < -0.4 is 4.74 Å². The maximum atomic E-state index is 11.1. The normalized spacial score (nSPS) is 11.8. The minimum absolute atomic E-state index is 0.0565. The summed E-state index contributed by atoms with van der Waals surface area (Å²) in [6, 6.07) is 10.9. The second-order valence-electron chi connectivity index (χ2n) is 4.04. The van der Waals surface area contributed by atoms with E-state index in [9.17, 15) is 4.79 Å². The molecule has 1 N–H and O–H groups in total. The molecule has 0 fully saturated rings. The van der Waals surface area contributed by atoms with Crippen LogP contribution in [0.3, 0.4) is 0 Å². The van der Waals surface area contributed by atoms with Gasteiger partial charge in [0.05, 0.1) is 19.2 Å². The van der Waals surface area contributed by atoms with Gasteiger partial charge in [-0.05, 0) is 18.2 Å². The molecule has 0 bridgehead atoms. The van der Waals surface area contributed by atoms with Crippen LogP contribution in [0.4, 0.5) is 0 Å². The predicted molar refractivity (Wildman–Crippen MR) is 69.1 cm³/mol. The van der Waals surface area contributed by atoms with Crippen LogP contribution in [0.1, 0.15) is 23.6 Å². The third kappa shape index (κ3) is 3.07. The molecule has 0 saturated heterocycles. The highest BCUT2D eigenvalue weighted by Gasteiger charge is 2.22. The van der Waals surface area contributed by atoms with Crippen molar-refractivity contribution in [2.24, 2.45) is 0 Å². The van der Waals surface area contributed by atoms with Crippen LogP contribution in [0.2, 0.25) is 0 Å². The standard InChI is InChI=1S/C14H14N2O3/c1-19-13-7-3-2-5-10(13)11(9-14(17)18)12-6-4-8-15-16-12/h2-8,11H,9H2,1H3,(H,17,18). The summed E-state index contributed by atoms with van der Waals surface area (Å²) in [4.78, 5) is 11.1. The fourth-order valence-electron chi connectivity index (χ4n) is 2.00. The molecule has 5 heteroatoms. The lowest BCUT2D eigenvalue weighted by Crippen LogP contribution is -2.11. The second kappa shape index (κ2) is 5.95. The van der Waals surface area contributed by atoms with Crippen LogP contribution in [0.25, 0.3) is 0 Å². The van der Waals surface area contributed by atoms with E-state index < -0.39 is 5.97 Å². The molecule has 0 aliphatic carbocycles. The summed E-state index contributed by atoms with van der Waals surface area (Å²) < 4.78 is 5.29. The number of carboxylic acids is 1. The minimum atomic E-state index is -0.887. The monoisotopic (exact) mass is 258 g/mol. The number of hydrogen-bond acceptors (Lipinski definition) is 4. The Morgan fingerprint density at radius 2 is 2.11 bits per heavy atom. The topological polar surface area (TPSA) is 72.3 Å². The van der Waals surface area contributed by atoms with Crippen molar-refractivity contribution in [2.45, 2.75) is 12.3 Å². The number of nitrogens with zero attached hydrogens (tertiary/aromatic N) is 2. The molecular weight excluding hydrogens is 244 g/mol. The van der Waals surface area contributed by atoms with Gasteiger partial charge >= 0.3 is 5.97 Å². The van der Waals surface area contributed by atoms with Crippen molar-refractivity contribution in [2.75, 3.05) is 7.11 Å². The van der Waals surface area contributed by atoms with Gasteiger partial charge in [0.15, 0.2) is 0 Å². The van der Waals surface area contributed by atoms with Gasteiger partial charge in [-0.15, -0.1) is 0 Å². The zero-order valence-electron chi connectivity index (χ0n) is 10.5. The Morgan fingerprint density at radius 1 is 1.32 bits per heavy atom. The molecule has 5 nitrogen and oxygen atoms in total. The Hall–Kier alpha value is -2.43. The number of rotatable bonds is 5. The second-order valence-corrected chi connectivity index (χ2v) is 4.04. The maximum Gasteiger partial charge on any atom is 0.304 e. The lowest BCUT2D eigenvalue weighted by Gasteiger charge is -2.17. The fraction of sp³-hybridized carbons (Fsp3) is 0.214. The molecule has 1 aromatic carbocycles. The fourth-order valence-corrected chi connectivity index (χ4v) is 2.00. The Balaban J connectivity index is 2.46. The van der Waals surface area contributed by atoms with Gasteiger partial charge in [-0.2, -0.15) is 10.2 Å². The summed E-state index contributed by atoms with van der Waals surface area (Å²) in [5.41, 5.74) is 1.42. The minimum Gasteiger partial charge on any atom is -0.496 e. The van der Waals surface area contributed by atoms with Crippen molar-refractivity contribution in [3.8, 4) is 5.75 Å². The van der Waals surface area contributed by atoms with Crippen LogP contribution in [0.15, 0.2) is 42.6 Å². The van der Waals surface area contributed by atoms with Crippen LogP contribution in [-0.4, -0.2) is 28.4 Å². The molecule has 0 aliphatic heterocycles. The van der Waals surface area contributed by atoms with Gasteiger partial charge in [0, 0.05) is 17.7 Å². The zero-order chi connectivity index (χ0) is 13.7. The Kier molecular flexibility index (Phi) is 4.07. The Bertz CT molecular complexity index is 558. The van der Waals surface area contributed by atoms with Crippen molar-refractivity contribution >= 4 is 5.97 Å². The van der Waals surface area contributed by atoms with Gasteiger partial charge in [0.1, 0.15) is 5.75 Å². The van der Waals surface area contributed by atoms with Crippen LogP contribution in [0, 0.1) is 0 Å². The molecule has 19 heavy (non-hydrogen) atoms. The van der Waals surface area contributed by atoms with Crippen molar-refractivity contribution in [3.05, 3.63) is 53.9 Å². The van der Waals surface area contributed by atoms with Crippen molar-refractivity contribution in [1.29, 1.82) is 0 Å². The number of hydrogen-bond donors (Lipinski definition) is 1. The highest BCUT2D eigenvalue weighted by atomic mass is 16.5. The Labute approximate surface area is 110 Å². The van der Waals surface area contributed by atoms with E-state index in [1.807, 2.05) is 18.2 Å². The predicted octanol–water partition coefficient (Wildman–Crippen LogP) is 2.09. The molecule has 0 aliphatic rings. The first kappa shape index (κ1) is 13.0. The molecule has 2 rings (SSSR count). The Morgan fingerprint density at radius 3 is 2.74 bits per heavy atom. The average Bonchev–Trinajstić information content (AvgIpc) is 2.45. The number of carboxylic acid groups (broad SMARTS) is 1. The molecular formula is C14H14N2O3. The summed E-state index contributed by atoms with van der Waals surface area (Å²) in [5, 5.41) is 16.9. The first-order valence-corrected chi connectivity index (χ1v) is 5.84. The maximum absolute atomic E-state index is 11.1. The van der Waals surface area contributed by atoms with E-state index in [1.54, 1.807) is 31.5 Å². The molecule has 0 saturated carbocycles. The van der Waals surface area contributed by atoms with E-state index in [2.05, 4.69) is 10.2 Å². The number of methoxy groups -OCH3 is 1. The first-order chi connectivity index (χ1) is 9.22. The molecule has 1 aromatic heterocycles. The number of ether oxygens (including phenoxy) is 1. The van der Waals surface area contributed by atoms with Crippen LogP contribution >= 0.6 is 0 Å². The molecule has 1 atom stereocenters. The van der Waals surface area contributed by atoms with Crippen LogP contribution in [0.5, 0.6) is 5.75 Å². The van der Waals surface area contributed by atoms with E-state index in [0.717, 1.165) is 5.56 Å². The zero-order valence-corrected chi connectivity index (χ0v) is 10.5. The molecule has 1 heterocycles. The van der Waals surface area contributed by atoms with Gasteiger partial charge < -0.3 is 9.84 Å². The molecule has 0 spiro atoms. The SMILES string of the molecule is COc1ccccc1C(CC(=O)O)c1cccnn1. The summed E-state index contributed by atoms with van der Waals surface area (Å²) in [7, 11) is 1.56. The third-order valence-corrected chi connectivity index (χ3v) is 2.84. The molecule has 0 amide bonds. The van der Waals surface area contributed by atoms with Gasteiger partial charge in [-0.3, -0.25) is 4.79 Å². The number of carbonyl (C=O) groups is 1. The average molecular weight is 258 g/mol. The highest BCUT2D eigenvalue weighted by molar-refractivity contribution is 5.69. The van der Waals surface area contributed by atoms with Gasteiger partial charge in [0.2, 0.25) is 0 Å². The van der Waals surface area contributed by atoms with E-state index in [-0.39, 0.29) is 12.3 Å². The van der Waals surface area contributed by atoms with E-state index >= 15 is 0 Å². The largest absolute Gasteiger partial charge is 0.496 e. The van der Waals surface area contributed by atoms with Crippen molar-refractivity contribution in [3.63, 3.8) is 0 Å². The van der Waals surface area contributed by atoms with E-state index in [4.69, 9.17) is 9.84 Å². The van der Waals surface area contributed by atoms with Gasteiger partial charge in [0.25, 0.3) is 0 Å². The number of aliphatic carboxylic acids is 1. The smallest absolute Gasteiger partial charge is 0.304 e. The van der Waals surface area contributed by atoms with Crippen LogP contribution in [-0.2, 0) is 4.79 Å². The van der Waals surface area contributed by atoms with Gasteiger partial charge in [-0.25, -0.2) is 0 Å². The van der Waals surface area contributed by atoms with Crippen molar-refractivity contribution in [1.82, 2.24) is 10.2 Å². The first-order valence-electron chi connectivity index (χ1n) is 5.84. The molecule has 0 radical (unpaired) electrons. The molecule has 1 unspecified atom stereocenters. The lowest BCUT2D eigenvalue weighted by atomic mass is 9.91. The number of benzene rings is 1. The van der Waals surface area contributed by atoms with Gasteiger partial charge in [-0.1, -0.05) is 18.2 Å². The third-order valence-electron chi connectivity index (χ3n) is 2.84. The van der Waals surface area contributed by atoms with E-state index in [0.29, 0.717) is 11.4 Å². The summed E-state index contributed by atoms with van der Waals surface area (Å²) in [5.74, 6) is -0.608.